The van der Waals surface area contributed by atoms with Crippen molar-refractivity contribution in [2.24, 2.45) is 5.73 Å². The molecule has 0 saturated heterocycles. The fourth-order valence-electron chi connectivity index (χ4n) is 4.47. The highest BCUT2D eigenvalue weighted by molar-refractivity contribution is 7.10. The van der Waals surface area contributed by atoms with E-state index in [1.165, 1.54) is 0 Å². The summed E-state index contributed by atoms with van der Waals surface area (Å²) < 4.78 is 0. The summed E-state index contributed by atoms with van der Waals surface area (Å²) in [4.78, 5) is 14.5. The number of hydrazine groups is 1. The molecule has 0 bridgehead atoms. The number of thiophene rings is 1. The fraction of sp³-hybridized carbons (Fsp3) is 0.304. The van der Waals surface area contributed by atoms with E-state index < -0.39 is 0 Å². The standard InChI is InChI=1S/C23H24N4OS/c1-14-9-10-29-22(14)20-17(13-24)23(25)27(26(2)3)18-11-16(12-19(28)21(18)20)15-7-5-4-6-8-15/h4-10,16,20H,11-12,25H2,1-3H3/t16-,20-/m0/s1. The van der Waals surface area contributed by atoms with E-state index in [0.29, 0.717) is 24.2 Å². The summed E-state index contributed by atoms with van der Waals surface area (Å²) in [5.41, 5.74) is 10.9. The number of nitrogens with two attached hydrogens (primary N) is 1. The molecular weight excluding hydrogens is 380 g/mol. The molecule has 6 heteroatoms. The van der Waals surface area contributed by atoms with Crippen LogP contribution in [-0.4, -0.2) is 29.9 Å². The van der Waals surface area contributed by atoms with Gasteiger partial charge in [-0.15, -0.1) is 11.3 Å². The normalized spacial score (nSPS) is 22.2. The van der Waals surface area contributed by atoms with Gasteiger partial charge in [-0.2, -0.15) is 5.26 Å². The Kier molecular flexibility index (Phi) is 5.03. The van der Waals surface area contributed by atoms with E-state index in [9.17, 15) is 10.1 Å². The van der Waals surface area contributed by atoms with Crippen LogP contribution in [0, 0.1) is 18.3 Å². The van der Waals surface area contributed by atoms with Gasteiger partial charge in [0.15, 0.2) is 5.78 Å². The van der Waals surface area contributed by atoms with Gasteiger partial charge in [0, 0.05) is 36.7 Å². The first-order valence-electron chi connectivity index (χ1n) is 9.66. The smallest absolute Gasteiger partial charge is 0.162 e. The topological polar surface area (TPSA) is 73.4 Å². The van der Waals surface area contributed by atoms with Crippen LogP contribution in [0.15, 0.2) is 64.4 Å². The minimum absolute atomic E-state index is 0.102. The zero-order chi connectivity index (χ0) is 20.7. The first-order valence-corrected chi connectivity index (χ1v) is 10.5. The summed E-state index contributed by atoms with van der Waals surface area (Å²) in [5, 5.41) is 15.7. The van der Waals surface area contributed by atoms with Gasteiger partial charge in [-0.05, 0) is 41.8 Å². The minimum atomic E-state index is -0.379. The van der Waals surface area contributed by atoms with Crippen LogP contribution in [0.4, 0.5) is 0 Å². The van der Waals surface area contributed by atoms with E-state index in [1.54, 1.807) is 11.3 Å². The molecule has 5 nitrogen and oxygen atoms in total. The monoisotopic (exact) mass is 404 g/mol. The molecular formula is C23H24N4OS. The van der Waals surface area contributed by atoms with Gasteiger partial charge in [0.2, 0.25) is 0 Å². The number of nitrogens with zero attached hydrogens (tertiary/aromatic N) is 3. The third kappa shape index (κ3) is 3.17. The number of aryl methyl sites for hydroxylation is 1. The van der Waals surface area contributed by atoms with E-state index in [0.717, 1.165) is 27.3 Å². The van der Waals surface area contributed by atoms with Gasteiger partial charge in [-0.1, -0.05) is 30.3 Å². The SMILES string of the molecule is Cc1ccsc1[C@H]1C(C#N)=C(N)N(N(C)C)C2=C1C(=O)C[C@@H](c1ccccc1)C2. The summed E-state index contributed by atoms with van der Waals surface area (Å²) in [6.07, 6.45) is 1.16. The van der Waals surface area contributed by atoms with Crippen molar-refractivity contribution in [3.8, 4) is 6.07 Å². The number of hydrogen-bond acceptors (Lipinski definition) is 6. The molecule has 4 rings (SSSR count). The summed E-state index contributed by atoms with van der Waals surface area (Å²) in [6.45, 7) is 2.02. The van der Waals surface area contributed by atoms with Crippen molar-refractivity contribution in [2.75, 3.05) is 14.1 Å². The Balaban J connectivity index is 1.90. The molecule has 2 atom stereocenters. The van der Waals surface area contributed by atoms with Crippen molar-refractivity contribution in [3.05, 3.63) is 80.4 Å². The van der Waals surface area contributed by atoms with Gasteiger partial charge in [0.05, 0.1) is 17.6 Å². The summed E-state index contributed by atoms with van der Waals surface area (Å²) >= 11 is 1.58. The van der Waals surface area contributed by atoms with E-state index in [2.05, 4.69) is 18.2 Å². The van der Waals surface area contributed by atoms with E-state index in [4.69, 9.17) is 5.73 Å². The molecule has 2 aliphatic rings. The molecule has 2 N–H and O–H groups in total. The molecule has 1 aromatic carbocycles. The second kappa shape index (κ2) is 7.51. The summed E-state index contributed by atoms with van der Waals surface area (Å²) in [6, 6.07) is 14.5. The predicted molar refractivity (Wildman–Crippen MR) is 115 cm³/mol. The van der Waals surface area contributed by atoms with E-state index in [1.807, 2.05) is 60.7 Å². The summed E-state index contributed by atoms with van der Waals surface area (Å²) in [5.74, 6) is 0.238. The molecule has 0 fully saturated rings. The van der Waals surface area contributed by atoms with Crippen molar-refractivity contribution in [1.82, 2.24) is 10.0 Å². The van der Waals surface area contributed by atoms with Gasteiger partial charge in [-0.25, -0.2) is 5.01 Å². The number of hydrogen-bond donors (Lipinski definition) is 1. The highest BCUT2D eigenvalue weighted by atomic mass is 32.1. The largest absolute Gasteiger partial charge is 0.383 e. The second-order valence-corrected chi connectivity index (χ2v) is 8.72. The average molecular weight is 405 g/mol. The molecule has 2 aromatic rings. The predicted octanol–water partition coefficient (Wildman–Crippen LogP) is 4.03. The lowest BCUT2D eigenvalue weighted by Gasteiger charge is -2.43. The van der Waals surface area contributed by atoms with Crippen LogP contribution in [0.2, 0.25) is 0 Å². The lowest BCUT2D eigenvalue weighted by atomic mass is 9.73. The van der Waals surface area contributed by atoms with Crippen molar-refractivity contribution in [1.29, 1.82) is 5.26 Å². The zero-order valence-corrected chi connectivity index (χ0v) is 17.7. The molecule has 0 unspecified atom stereocenters. The van der Waals surface area contributed by atoms with Crippen molar-refractivity contribution in [3.63, 3.8) is 0 Å². The third-order valence-electron chi connectivity index (χ3n) is 5.78. The Morgan fingerprint density at radius 3 is 2.52 bits per heavy atom. The van der Waals surface area contributed by atoms with Crippen LogP contribution < -0.4 is 5.73 Å². The number of nitriles is 1. The van der Waals surface area contributed by atoms with Crippen LogP contribution in [0.1, 0.15) is 40.7 Å². The molecule has 0 saturated carbocycles. The van der Waals surface area contributed by atoms with Crippen molar-refractivity contribution < 1.29 is 4.79 Å². The number of carbonyl (C=O) groups excluding carboxylic acids is 1. The Bertz CT molecular complexity index is 1060. The molecule has 2 heterocycles. The Morgan fingerprint density at radius 2 is 1.93 bits per heavy atom. The van der Waals surface area contributed by atoms with Crippen LogP contribution in [0.5, 0.6) is 0 Å². The first-order chi connectivity index (χ1) is 13.9. The lowest BCUT2D eigenvalue weighted by Crippen LogP contribution is -2.46. The van der Waals surface area contributed by atoms with E-state index >= 15 is 0 Å². The maximum Gasteiger partial charge on any atom is 0.162 e. The quantitative estimate of drug-likeness (QED) is 0.836. The Morgan fingerprint density at radius 1 is 1.21 bits per heavy atom. The maximum atomic E-state index is 13.5. The number of allylic oxidation sites excluding steroid dienone is 3. The molecule has 29 heavy (non-hydrogen) atoms. The minimum Gasteiger partial charge on any atom is -0.383 e. The van der Waals surface area contributed by atoms with Crippen LogP contribution >= 0.6 is 11.3 Å². The Hall–Kier alpha value is -2.88. The molecule has 1 aliphatic heterocycles. The summed E-state index contributed by atoms with van der Waals surface area (Å²) in [7, 11) is 3.78. The van der Waals surface area contributed by atoms with Gasteiger partial charge >= 0.3 is 0 Å². The molecule has 0 amide bonds. The number of Topliss-reactive ketones (excluding diaryl/α,β-unsaturated/α-hetero) is 1. The lowest BCUT2D eigenvalue weighted by molar-refractivity contribution is -0.117. The molecule has 0 radical (unpaired) electrons. The van der Waals surface area contributed by atoms with Crippen LogP contribution in [0.25, 0.3) is 0 Å². The van der Waals surface area contributed by atoms with Gasteiger partial charge in [0.25, 0.3) is 0 Å². The fourth-order valence-corrected chi connectivity index (χ4v) is 5.52. The van der Waals surface area contributed by atoms with E-state index in [-0.39, 0.29) is 17.6 Å². The molecule has 148 valence electrons. The maximum absolute atomic E-state index is 13.5. The van der Waals surface area contributed by atoms with Crippen LogP contribution in [0.3, 0.4) is 0 Å². The highest BCUT2D eigenvalue weighted by Gasteiger charge is 2.43. The number of benzene rings is 1. The van der Waals surface area contributed by atoms with Gasteiger partial charge in [0.1, 0.15) is 5.82 Å². The Labute approximate surface area is 175 Å². The second-order valence-electron chi connectivity index (χ2n) is 7.77. The molecule has 0 spiro atoms. The first kappa shape index (κ1) is 19.4. The number of ketones is 1. The van der Waals surface area contributed by atoms with Crippen LogP contribution in [-0.2, 0) is 4.79 Å². The number of rotatable bonds is 3. The van der Waals surface area contributed by atoms with Crippen molar-refractivity contribution in [2.45, 2.75) is 31.6 Å². The molecule has 1 aliphatic carbocycles. The number of carbonyl (C=O) groups is 1. The van der Waals surface area contributed by atoms with Crippen molar-refractivity contribution >= 4 is 17.1 Å². The molecule has 1 aromatic heterocycles. The third-order valence-corrected chi connectivity index (χ3v) is 6.86. The van der Waals surface area contributed by atoms with Gasteiger partial charge in [-0.3, -0.25) is 9.80 Å². The zero-order valence-electron chi connectivity index (χ0n) is 16.8. The van der Waals surface area contributed by atoms with Gasteiger partial charge < -0.3 is 5.73 Å². The highest BCUT2D eigenvalue weighted by Crippen LogP contribution is 2.49. The average Bonchev–Trinajstić information content (AvgIpc) is 3.12.